The van der Waals surface area contributed by atoms with Crippen LogP contribution in [0.15, 0.2) is 23.8 Å². The first-order valence-corrected chi connectivity index (χ1v) is 5.91. The third-order valence-corrected chi connectivity index (χ3v) is 4.24. The highest BCUT2D eigenvalue weighted by Gasteiger charge is 2.48. The van der Waals surface area contributed by atoms with Crippen molar-refractivity contribution in [2.45, 2.75) is 40.0 Å². The van der Waals surface area contributed by atoms with Crippen LogP contribution in [-0.2, 0) is 4.79 Å². The van der Waals surface area contributed by atoms with E-state index < -0.39 is 0 Å². The molecule has 15 heavy (non-hydrogen) atoms. The van der Waals surface area contributed by atoms with Crippen molar-refractivity contribution in [2.24, 2.45) is 17.3 Å². The van der Waals surface area contributed by atoms with Gasteiger partial charge in [-0.2, -0.15) is 0 Å². The van der Waals surface area contributed by atoms with E-state index in [1.807, 2.05) is 6.08 Å². The van der Waals surface area contributed by atoms with E-state index in [4.69, 9.17) is 0 Å². The summed E-state index contributed by atoms with van der Waals surface area (Å²) in [5, 5.41) is 0. The van der Waals surface area contributed by atoms with Crippen LogP contribution in [0.2, 0.25) is 0 Å². The summed E-state index contributed by atoms with van der Waals surface area (Å²) in [6, 6.07) is 0. The zero-order valence-electron chi connectivity index (χ0n) is 9.92. The number of allylic oxidation sites excluding steroid dienone is 4. The molecule has 0 N–H and O–H groups in total. The van der Waals surface area contributed by atoms with Gasteiger partial charge in [-0.25, -0.2) is 0 Å². The molecule has 0 aromatic carbocycles. The first-order chi connectivity index (χ1) is 7.01. The Morgan fingerprint density at radius 3 is 2.67 bits per heavy atom. The van der Waals surface area contributed by atoms with Crippen LogP contribution < -0.4 is 0 Å². The Morgan fingerprint density at radius 1 is 1.40 bits per heavy atom. The van der Waals surface area contributed by atoms with E-state index in [0.717, 1.165) is 11.8 Å². The summed E-state index contributed by atoms with van der Waals surface area (Å²) in [4.78, 5) is 10.8. The second-order valence-corrected chi connectivity index (χ2v) is 5.52. The van der Waals surface area contributed by atoms with Crippen LogP contribution in [0.1, 0.15) is 40.0 Å². The Bertz CT molecular complexity index is 333. The number of carbonyl (C=O) groups is 1. The molecule has 0 amide bonds. The maximum Gasteiger partial charge on any atom is 0.152 e. The molecule has 2 aliphatic rings. The molecule has 1 heteroatoms. The largest absolute Gasteiger partial charge is 0.295 e. The Morgan fingerprint density at radius 2 is 2.13 bits per heavy atom. The summed E-state index contributed by atoms with van der Waals surface area (Å²) >= 11 is 0. The van der Waals surface area contributed by atoms with E-state index in [1.54, 1.807) is 18.6 Å². The van der Waals surface area contributed by atoms with Gasteiger partial charge in [0.25, 0.3) is 0 Å². The minimum absolute atomic E-state index is 0.132. The van der Waals surface area contributed by atoms with Crippen LogP contribution in [0.3, 0.4) is 0 Å². The van der Waals surface area contributed by atoms with Gasteiger partial charge in [0.15, 0.2) is 5.78 Å². The standard InChI is InChI=1S/C14H20O/c1-10(15)5-4-6-13-11-7-8-12(9-11)14(13,2)3/h4-6,11-12H,7-9H2,1-3H3/b5-4+,13-6-/t11-,12+/m1/s1. The number of carbonyl (C=O) groups excluding carboxylic acids is 1. The molecular formula is C14H20O. The Hall–Kier alpha value is -0.850. The van der Waals surface area contributed by atoms with Gasteiger partial charge in [-0.3, -0.25) is 4.79 Å². The quantitative estimate of drug-likeness (QED) is 0.629. The van der Waals surface area contributed by atoms with Gasteiger partial charge in [0.05, 0.1) is 0 Å². The molecule has 2 saturated carbocycles. The van der Waals surface area contributed by atoms with E-state index >= 15 is 0 Å². The smallest absolute Gasteiger partial charge is 0.152 e. The molecule has 1 nitrogen and oxygen atoms in total. The van der Waals surface area contributed by atoms with Crippen LogP contribution in [0, 0.1) is 17.3 Å². The van der Waals surface area contributed by atoms with Gasteiger partial charge in [-0.15, -0.1) is 0 Å². The predicted octanol–water partition coefficient (Wildman–Crippen LogP) is 3.51. The van der Waals surface area contributed by atoms with Gasteiger partial charge in [0, 0.05) is 0 Å². The van der Waals surface area contributed by atoms with E-state index in [9.17, 15) is 4.79 Å². The van der Waals surface area contributed by atoms with Crippen LogP contribution in [0.4, 0.5) is 0 Å². The molecule has 0 aromatic heterocycles. The molecule has 0 unspecified atom stereocenters. The molecule has 82 valence electrons. The molecule has 2 rings (SSSR count). The van der Waals surface area contributed by atoms with Crippen LogP contribution in [-0.4, -0.2) is 5.78 Å². The van der Waals surface area contributed by atoms with Crippen molar-refractivity contribution in [1.82, 2.24) is 0 Å². The van der Waals surface area contributed by atoms with Gasteiger partial charge in [0.2, 0.25) is 0 Å². The average Bonchev–Trinajstić information content (AvgIpc) is 2.66. The number of rotatable bonds is 2. The van der Waals surface area contributed by atoms with Crippen molar-refractivity contribution >= 4 is 5.78 Å². The number of fused-ring (bicyclic) bond motifs is 2. The van der Waals surface area contributed by atoms with Crippen molar-refractivity contribution in [1.29, 1.82) is 0 Å². The van der Waals surface area contributed by atoms with Gasteiger partial charge in [-0.05, 0) is 49.5 Å². The van der Waals surface area contributed by atoms with Gasteiger partial charge in [0.1, 0.15) is 0 Å². The van der Waals surface area contributed by atoms with Crippen LogP contribution in [0.25, 0.3) is 0 Å². The number of hydrogen-bond donors (Lipinski definition) is 0. The highest BCUT2D eigenvalue weighted by atomic mass is 16.1. The van der Waals surface area contributed by atoms with Crippen molar-refractivity contribution < 1.29 is 4.79 Å². The fourth-order valence-corrected chi connectivity index (χ4v) is 3.32. The number of hydrogen-bond acceptors (Lipinski definition) is 1. The molecule has 0 aliphatic heterocycles. The highest BCUT2D eigenvalue weighted by molar-refractivity contribution is 5.87. The SMILES string of the molecule is CC(=O)/C=C/C=C1/[C@@H]2CC[C@@H](C2)C1(C)C. The van der Waals surface area contributed by atoms with E-state index in [-0.39, 0.29) is 5.78 Å². The summed E-state index contributed by atoms with van der Waals surface area (Å²) in [7, 11) is 0. The lowest BCUT2D eigenvalue weighted by atomic mass is 9.72. The molecule has 0 radical (unpaired) electrons. The lowest BCUT2D eigenvalue weighted by molar-refractivity contribution is -0.112. The lowest BCUT2D eigenvalue weighted by Crippen LogP contribution is -2.22. The van der Waals surface area contributed by atoms with E-state index in [1.165, 1.54) is 19.3 Å². The van der Waals surface area contributed by atoms with E-state index in [0.29, 0.717) is 5.41 Å². The second-order valence-electron chi connectivity index (χ2n) is 5.52. The minimum Gasteiger partial charge on any atom is -0.295 e. The minimum atomic E-state index is 0.132. The summed E-state index contributed by atoms with van der Waals surface area (Å²) in [6.07, 6.45) is 9.90. The third-order valence-electron chi connectivity index (χ3n) is 4.24. The first-order valence-electron chi connectivity index (χ1n) is 5.91. The van der Waals surface area contributed by atoms with Crippen molar-refractivity contribution in [2.75, 3.05) is 0 Å². The molecule has 2 atom stereocenters. The molecule has 0 aromatic rings. The second kappa shape index (κ2) is 3.62. The molecule has 0 saturated heterocycles. The maximum atomic E-state index is 10.8. The Labute approximate surface area is 92.3 Å². The van der Waals surface area contributed by atoms with Gasteiger partial charge >= 0.3 is 0 Å². The first kappa shape index (κ1) is 10.7. The van der Waals surface area contributed by atoms with Crippen LogP contribution >= 0.6 is 0 Å². The van der Waals surface area contributed by atoms with E-state index in [2.05, 4.69) is 19.9 Å². The molecular weight excluding hydrogens is 184 g/mol. The molecule has 2 bridgehead atoms. The summed E-state index contributed by atoms with van der Waals surface area (Å²) in [5.74, 6) is 1.80. The van der Waals surface area contributed by atoms with Gasteiger partial charge < -0.3 is 0 Å². The van der Waals surface area contributed by atoms with Crippen molar-refractivity contribution in [3.05, 3.63) is 23.8 Å². The zero-order chi connectivity index (χ0) is 11.1. The topological polar surface area (TPSA) is 17.1 Å². The molecule has 0 heterocycles. The Balaban J connectivity index is 2.18. The molecule has 2 fully saturated rings. The van der Waals surface area contributed by atoms with Crippen molar-refractivity contribution in [3.8, 4) is 0 Å². The fraction of sp³-hybridized carbons (Fsp3) is 0.643. The predicted molar refractivity (Wildman–Crippen MR) is 62.5 cm³/mol. The summed E-state index contributed by atoms with van der Waals surface area (Å²) < 4.78 is 0. The molecule has 2 aliphatic carbocycles. The highest BCUT2D eigenvalue weighted by Crippen LogP contribution is 2.58. The summed E-state index contributed by atoms with van der Waals surface area (Å²) in [5.41, 5.74) is 1.93. The van der Waals surface area contributed by atoms with Crippen molar-refractivity contribution in [3.63, 3.8) is 0 Å². The fourth-order valence-electron chi connectivity index (χ4n) is 3.32. The Kier molecular flexibility index (Phi) is 2.57. The molecule has 0 spiro atoms. The van der Waals surface area contributed by atoms with Gasteiger partial charge in [-0.1, -0.05) is 31.6 Å². The summed E-state index contributed by atoms with van der Waals surface area (Å²) in [6.45, 7) is 6.30. The van der Waals surface area contributed by atoms with Crippen LogP contribution in [0.5, 0.6) is 0 Å². The normalized spacial score (nSPS) is 35.5. The lowest BCUT2D eigenvalue weighted by Gasteiger charge is -2.32. The average molecular weight is 204 g/mol. The maximum absolute atomic E-state index is 10.8. The monoisotopic (exact) mass is 204 g/mol. The zero-order valence-corrected chi connectivity index (χ0v) is 9.92. The third kappa shape index (κ3) is 1.80. The number of ketones is 1.